The van der Waals surface area contributed by atoms with Crippen molar-refractivity contribution in [3.63, 3.8) is 0 Å². The molecule has 2 N–H and O–H groups in total. The second-order valence-corrected chi connectivity index (χ2v) is 5.73. The Morgan fingerprint density at radius 1 is 1.29 bits per heavy atom. The van der Waals surface area contributed by atoms with Crippen LogP contribution in [0.5, 0.6) is 0 Å². The number of halogens is 1. The number of rotatable bonds is 4. The van der Waals surface area contributed by atoms with Crippen LogP contribution in [-0.4, -0.2) is 0 Å². The van der Waals surface area contributed by atoms with E-state index in [0.717, 1.165) is 17.9 Å². The largest absolute Gasteiger partial charge is 0.323 e. The van der Waals surface area contributed by atoms with Gasteiger partial charge in [0.15, 0.2) is 0 Å². The van der Waals surface area contributed by atoms with E-state index in [4.69, 9.17) is 17.3 Å². The molecular weight excluding hydrogens is 250 g/mol. The average Bonchev–Trinajstić information content (AvgIpc) is 2.77. The molecule has 1 atom stereocenters. The zero-order chi connectivity index (χ0) is 12.3. The van der Waals surface area contributed by atoms with Crippen LogP contribution in [0.2, 0.25) is 5.02 Å². The molecule has 0 radical (unpaired) electrons. The summed E-state index contributed by atoms with van der Waals surface area (Å²) in [4.78, 5) is 2.64. The molecule has 0 saturated heterocycles. The highest BCUT2D eigenvalue weighted by molar-refractivity contribution is 7.12. The van der Waals surface area contributed by atoms with Gasteiger partial charge in [0.2, 0.25) is 0 Å². The summed E-state index contributed by atoms with van der Waals surface area (Å²) in [6.45, 7) is 2.16. The van der Waals surface area contributed by atoms with Crippen molar-refractivity contribution in [2.75, 3.05) is 0 Å². The van der Waals surface area contributed by atoms with Gasteiger partial charge in [0.25, 0.3) is 0 Å². The van der Waals surface area contributed by atoms with Crippen LogP contribution in [0.4, 0.5) is 0 Å². The van der Waals surface area contributed by atoms with Gasteiger partial charge in [-0.1, -0.05) is 30.7 Å². The van der Waals surface area contributed by atoms with E-state index in [9.17, 15) is 0 Å². The molecule has 90 valence electrons. The molecular formula is C14H16ClNS. The molecule has 1 aromatic heterocycles. The first-order chi connectivity index (χ1) is 8.19. The van der Waals surface area contributed by atoms with Crippen LogP contribution >= 0.6 is 22.9 Å². The van der Waals surface area contributed by atoms with Crippen molar-refractivity contribution in [3.05, 3.63) is 56.7 Å². The number of hydrogen-bond donors (Lipinski definition) is 1. The van der Waals surface area contributed by atoms with Crippen molar-refractivity contribution in [2.24, 2.45) is 5.73 Å². The molecule has 2 aromatic rings. The van der Waals surface area contributed by atoms with E-state index in [1.165, 1.54) is 15.3 Å². The van der Waals surface area contributed by atoms with Crippen molar-refractivity contribution < 1.29 is 0 Å². The molecule has 0 aliphatic heterocycles. The van der Waals surface area contributed by atoms with Crippen LogP contribution in [0.15, 0.2) is 36.4 Å². The average molecular weight is 266 g/mol. The fourth-order valence-electron chi connectivity index (χ4n) is 1.80. The monoisotopic (exact) mass is 265 g/mol. The fourth-order valence-corrected chi connectivity index (χ4v) is 2.97. The lowest BCUT2D eigenvalue weighted by atomic mass is 10.1. The first kappa shape index (κ1) is 12.6. The minimum atomic E-state index is 0.0683. The first-order valence-electron chi connectivity index (χ1n) is 5.77. The summed E-state index contributed by atoms with van der Waals surface area (Å²) in [6.07, 6.45) is 1.92. The maximum Gasteiger partial charge on any atom is 0.0430 e. The molecule has 3 heteroatoms. The van der Waals surface area contributed by atoms with Gasteiger partial charge in [-0.2, -0.15) is 0 Å². The third-order valence-electron chi connectivity index (χ3n) is 2.74. The molecule has 0 spiro atoms. The molecule has 1 nitrogen and oxygen atoms in total. The van der Waals surface area contributed by atoms with Gasteiger partial charge in [-0.15, -0.1) is 11.3 Å². The molecule has 0 saturated carbocycles. The van der Waals surface area contributed by atoms with E-state index in [1.807, 2.05) is 18.2 Å². The normalized spacial score (nSPS) is 12.6. The van der Waals surface area contributed by atoms with Crippen LogP contribution in [0.3, 0.4) is 0 Å². The maximum absolute atomic E-state index is 6.21. The van der Waals surface area contributed by atoms with Gasteiger partial charge >= 0.3 is 0 Å². The number of thiophene rings is 1. The predicted molar refractivity (Wildman–Crippen MR) is 75.8 cm³/mol. The zero-order valence-electron chi connectivity index (χ0n) is 9.82. The predicted octanol–water partition coefficient (Wildman–Crippen LogP) is 4.21. The van der Waals surface area contributed by atoms with Crippen molar-refractivity contribution in [2.45, 2.75) is 25.8 Å². The summed E-state index contributed by atoms with van der Waals surface area (Å²) >= 11 is 7.77. The third kappa shape index (κ3) is 3.32. The lowest BCUT2D eigenvalue weighted by Gasteiger charge is -2.09. The molecule has 0 aliphatic rings. The molecule has 1 heterocycles. The summed E-state index contributed by atoms with van der Waals surface area (Å²) in [5.74, 6) is 0. The van der Waals surface area contributed by atoms with E-state index < -0.39 is 0 Å². The van der Waals surface area contributed by atoms with Gasteiger partial charge < -0.3 is 5.73 Å². The summed E-state index contributed by atoms with van der Waals surface area (Å²) in [7, 11) is 0. The maximum atomic E-state index is 6.21. The summed E-state index contributed by atoms with van der Waals surface area (Å²) < 4.78 is 0. The van der Waals surface area contributed by atoms with E-state index >= 15 is 0 Å². The molecule has 2 rings (SSSR count). The molecule has 0 aliphatic carbocycles. The van der Waals surface area contributed by atoms with Crippen LogP contribution in [0.1, 0.15) is 28.3 Å². The number of nitrogens with two attached hydrogens (primary N) is 1. The molecule has 1 aromatic carbocycles. The highest BCUT2D eigenvalue weighted by Crippen LogP contribution is 2.25. The standard InChI is InChI=1S/C14H16ClNS/c1-2-12-6-7-14(17-12)13(16)9-10-4-3-5-11(15)8-10/h3-8,13H,2,9,16H2,1H3. The topological polar surface area (TPSA) is 26.0 Å². The Bertz CT molecular complexity index is 492. The Labute approximate surface area is 111 Å². The number of hydrogen-bond acceptors (Lipinski definition) is 2. The van der Waals surface area contributed by atoms with Gasteiger partial charge in [-0.3, -0.25) is 0 Å². The Morgan fingerprint density at radius 3 is 2.76 bits per heavy atom. The van der Waals surface area contributed by atoms with E-state index in [-0.39, 0.29) is 6.04 Å². The minimum Gasteiger partial charge on any atom is -0.323 e. The summed E-state index contributed by atoms with van der Waals surface area (Å²) in [5, 5.41) is 0.773. The lowest BCUT2D eigenvalue weighted by Crippen LogP contribution is -2.11. The quantitative estimate of drug-likeness (QED) is 0.881. The van der Waals surface area contributed by atoms with Gasteiger partial charge in [-0.25, -0.2) is 0 Å². The van der Waals surface area contributed by atoms with E-state index in [0.29, 0.717) is 0 Å². The number of aryl methyl sites for hydroxylation is 1. The van der Waals surface area contributed by atoms with Crippen molar-refractivity contribution >= 4 is 22.9 Å². The van der Waals surface area contributed by atoms with Crippen molar-refractivity contribution in [1.82, 2.24) is 0 Å². The Kier molecular flexibility index (Phi) is 4.21. The van der Waals surface area contributed by atoms with E-state index in [2.05, 4.69) is 25.1 Å². The first-order valence-corrected chi connectivity index (χ1v) is 6.97. The summed E-state index contributed by atoms with van der Waals surface area (Å²) in [6, 6.07) is 12.3. The number of benzene rings is 1. The Morgan fingerprint density at radius 2 is 2.12 bits per heavy atom. The smallest absolute Gasteiger partial charge is 0.0430 e. The van der Waals surface area contributed by atoms with E-state index in [1.54, 1.807) is 11.3 Å². The SMILES string of the molecule is CCc1ccc(C(N)Cc2cccc(Cl)c2)s1. The highest BCUT2D eigenvalue weighted by Gasteiger charge is 2.09. The zero-order valence-corrected chi connectivity index (χ0v) is 11.4. The van der Waals surface area contributed by atoms with Gasteiger partial charge in [-0.05, 0) is 42.7 Å². The van der Waals surface area contributed by atoms with Gasteiger partial charge in [0.1, 0.15) is 0 Å². The van der Waals surface area contributed by atoms with Gasteiger partial charge in [0.05, 0.1) is 0 Å². The third-order valence-corrected chi connectivity index (χ3v) is 4.34. The minimum absolute atomic E-state index is 0.0683. The molecule has 0 fully saturated rings. The second kappa shape index (κ2) is 5.67. The van der Waals surface area contributed by atoms with Crippen LogP contribution in [0.25, 0.3) is 0 Å². The molecule has 0 bridgehead atoms. The Hall–Kier alpha value is -0.830. The van der Waals surface area contributed by atoms with Crippen molar-refractivity contribution in [1.29, 1.82) is 0 Å². The highest BCUT2D eigenvalue weighted by atomic mass is 35.5. The van der Waals surface area contributed by atoms with Crippen LogP contribution < -0.4 is 5.73 Å². The fraction of sp³-hybridized carbons (Fsp3) is 0.286. The van der Waals surface area contributed by atoms with Crippen LogP contribution in [-0.2, 0) is 12.8 Å². The van der Waals surface area contributed by atoms with Gasteiger partial charge in [0, 0.05) is 20.8 Å². The second-order valence-electron chi connectivity index (χ2n) is 4.10. The molecule has 1 unspecified atom stereocenters. The van der Waals surface area contributed by atoms with Crippen LogP contribution in [0, 0.1) is 0 Å². The lowest BCUT2D eigenvalue weighted by molar-refractivity contribution is 0.736. The Balaban J connectivity index is 2.08. The molecule has 0 amide bonds. The summed E-state index contributed by atoms with van der Waals surface area (Å²) in [5.41, 5.74) is 7.40. The van der Waals surface area contributed by atoms with Crippen molar-refractivity contribution in [3.8, 4) is 0 Å². The molecule has 17 heavy (non-hydrogen) atoms.